The van der Waals surface area contributed by atoms with Gasteiger partial charge in [0.15, 0.2) is 0 Å². The number of hydrogen-bond donors (Lipinski definition) is 1. The highest BCUT2D eigenvalue weighted by Crippen LogP contribution is 2.11. The van der Waals surface area contributed by atoms with Crippen molar-refractivity contribution < 1.29 is 14.8 Å². The SMILES string of the molecule is O=C(O)c1cccc(-n2cc(Cn3cnc([N+](=O)[O-])n3)nn2)c1. The van der Waals surface area contributed by atoms with Gasteiger partial charge in [-0.1, -0.05) is 16.3 Å². The second kappa shape index (κ2) is 5.63. The lowest BCUT2D eigenvalue weighted by atomic mass is 10.2. The zero-order chi connectivity index (χ0) is 16.4. The summed E-state index contributed by atoms with van der Waals surface area (Å²) < 4.78 is 2.67. The monoisotopic (exact) mass is 315 g/mol. The van der Waals surface area contributed by atoms with Crippen LogP contribution in [-0.2, 0) is 6.54 Å². The fourth-order valence-electron chi connectivity index (χ4n) is 1.89. The van der Waals surface area contributed by atoms with Crippen molar-refractivity contribution >= 4 is 11.9 Å². The summed E-state index contributed by atoms with van der Waals surface area (Å²) >= 11 is 0. The lowest BCUT2D eigenvalue weighted by molar-refractivity contribution is -0.394. The standard InChI is InChI=1S/C12H9N7O4/c20-11(21)8-2-1-3-10(4-8)18-6-9(14-16-18)5-17-7-13-12(15-17)19(22)23/h1-4,6-7H,5H2,(H,20,21). The van der Waals surface area contributed by atoms with Crippen molar-refractivity contribution in [3.05, 3.63) is 58.2 Å². The summed E-state index contributed by atoms with van der Waals surface area (Å²) in [7, 11) is 0. The molecule has 0 fully saturated rings. The Balaban J connectivity index is 1.81. The molecule has 0 amide bonds. The van der Waals surface area contributed by atoms with E-state index in [0.717, 1.165) is 0 Å². The molecule has 0 bridgehead atoms. The van der Waals surface area contributed by atoms with Crippen molar-refractivity contribution in [3.8, 4) is 5.69 Å². The van der Waals surface area contributed by atoms with Gasteiger partial charge in [-0.25, -0.2) is 9.48 Å². The Hall–Kier alpha value is -3.63. The molecule has 23 heavy (non-hydrogen) atoms. The quantitative estimate of drug-likeness (QED) is 0.530. The molecule has 0 radical (unpaired) electrons. The molecule has 1 N–H and O–H groups in total. The van der Waals surface area contributed by atoms with Gasteiger partial charge >= 0.3 is 11.9 Å². The lowest BCUT2D eigenvalue weighted by Gasteiger charge is -2.00. The second-order valence-corrected chi connectivity index (χ2v) is 4.51. The number of hydrogen-bond acceptors (Lipinski definition) is 7. The Labute approximate surface area is 128 Å². The molecule has 11 heteroatoms. The molecule has 0 aliphatic heterocycles. The maximum absolute atomic E-state index is 11.0. The predicted molar refractivity (Wildman–Crippen MR) is 74.1 cm³/mol. The highest BCUT2D eigenvalue weighted by atomic mass is 16.6. The van der Waals surface area contributed by atoms with Crippen molar-refractivity contribution in [1.29, 1.82) is 0 Å². The van der Waals surface area contributed by atoms with E-state index in [1.54, 1.807) is 18.3 Å². The average molecular weight is 315 g/mol. The molecule has 0 saturated carbocycles. The molecule has 0 aliphatic rings. The van der Waals surface area contributed by atoms with E-state index in [2.05, 4.69) is 20.4 Å². The third-order valence-electron chi connectivity index (χ3n) is 2.91. The number of aromatic carboxylic acids is 1. The van der Waals surface area contributed by atoms with Crippen molar-refractivity contribution in [3.63, 3.8) is 0 Å². The molecule has 2 heterocycles. The molecule has 1 aromatic carbocycles. The largest absolute Gasteiger partial charge is 0.490 e. The van der Waals surface area contributed by atoms with E-state index in [1.807, 2.05) is 0 Å². The molecule has 3 rings (SSSR count). The molecule has 2 aromatic heterocycles. The molecule has 0 atom stereocenters. The van der Waals surface area contributed by atoms with Gasteiger partial charge in [0.1, 0.15) is 12.2 Å². The van der Waals surface area contributed by atoms with Crippen molar-refractivity contribution in [2.75, 3.05) is 0 Å². The van der Waals surface area contributed by atoms with E-state index in [4.69, 9.17) is 5.11 Å². The van der Waals surface area contributed by atoms with Gasteiger partial charge in [0.2, 0.25) is 6.33 Å². The van der Waals surface area contributed by atoms with E-state index >= 15 is 0 Å². The lowest BCUT2D eigenvalue weighted by Crippen LogP contribution is -2.01. The summed E-state index contributed by atoms with van der Waals surface area (Å²) in [4.78, 5) is 24.3. The van der Waals surface area contributed by atoms with Crippen LogP contribution in [0.3, 0.4) is 0 Å². The first kappa shape index (κ1) is 14.3. The van der Waals surface area contributed by atoms with Gasteiger partial charge in [-0.3, -0.25) is 0 Å². The van der Waals surface area contributed by atoms with Gasteiger partial charge in [0.05, 0.1) is 17.4 Å². The fraction of sp³-hybridized carbons (Fsp3) is 0.0833. The normalized spacial score (nSPS) is 10.6. The summed E-state index contributed by atoms with van der Waals surface area (Å²) in [6.45, 7) is 0.152. The Morgan fingerprint density at radius 2 is 2.22 bits per heavy atom. The third-order valence-corrected chi connectivity index (χ3v) is 2.91. The predicted octanol–water partition coefficient (Wildman–Crippen LogP) is 0.513. The van der Waals surface area contributed by atoms with Crippen LogP contribution in [0.2, 0.25) is 0 Å². The first-order valence-corrected chi connectivity index (χ1v) is 6.32. The van der Waals surface area contributed by atoms with Gasteiger partial charge in [-0.2, -0.15) is 4.68 Å². The number of aromatic nitrogens is 6. The number of carboxylic acid groups (broad SMARTS) is 1. The smallest absolute Gasteiger partial charge is 0.478 e. The molecule has 116 valence electrons. The number of nitrogens with zero attached hydrogens (tertiary/aromatic N) is 7. The second-order valence-electron chi connectivity index (χ2n) is 4.51. The first-order valence-electron chi connectivity index (χ1n) is 6.32. The van der Waals surface area contributed by atoms with Crippen LogP contribution >= 0.6 is 0 Å². The van der Waals surface area contributed by atoms with Crippen LogP contribution in [0.4, 0.5) is 5.95 Å². The molecule has 0 unspecified atom stereocenters. The summed E-state index contributed by atoms with van der Waals surface area (Å²) in [5.74, 6) is -1.53. The Morgan fingerprint density at radius 1 is 1.39 bits per heavy atom. The van der Waals surface area contributed by atoms with Crippen molar-refractivity contribution in [2.45, 2.75) is 6.54 Å². The zero-order valence-electron chi connectivity index (χ0n) is 11.5. The first-order chi connectivity index (χ1) is 11.0. The van der Waals surface area contributed by atoms with Crippen LogP contribution in [0, 0.1) is 10.1 Å². The Morgan fingerprint density at radius 3 is 2.91 bits per heavy atom. The number of rotatable bonds is 5. The van der Waals surface area contributed by atoms with Crippen LogP contribution in [0.5, 0.6) is 0 Å². The molecule has 0 spiro atoms. The van der Waals surface area contributed by atoms with Gasteiger partial charge in [0.25, 0.3) is 0 Å². The van der Waals surface area contributed by atoms with Crippen LogP contribution in [0.15, 0.2) is 36.8 Å². The molecule has 3 aromatic rings. The van der Waals surface area contributed by atoms with Gasteiger partial charge in [-0.05, 0) is 23.1 Å². The molecule has 11 nitrogen and oxygen atoms in total. The number of carboxylic acids is 1. The minimum absolute atomic E-state index is 0.131. The maximum atomic E-state index is 11.0. The third kappa shape index (κ3) is 3.02. The van der Waals surface area contributed by atoms with E-state index < -0.39 is 16.8 Å². The highest BCUT2D eigenvalue weighted by molar-refractivity contribution is 5.88. The van der Waals surface area contributed by atoms with Crippen molar-refractivity contribution in [1.82, 2.24) is 29.8 Å². The van der Waals surface area contributed by atoms with Crippen molar-refractivity contribution in [2.24, 2.45) is 0 Å². The van der Waals surface area contributed by atoms with Gasteiger partial charge < -0.3 is 15.2 Å². The van der Waals surface area contributed by atoms with E-state index in [9.17, 15) is 14.9 Å². The fourth-order valence-corrected chi connectivity index (χ4v) is 1.89. The molecular weight excluding hydrogens is 306 g/mol. The average Bonchev–Trinajstić information content (AvgIpc) is 3.17. The number of nitro groups is 1. The summed E-state index contributed by atoms with van der Waals surface area (Å²) in [5.41, 5.74) is 1.16. The maximum Gasteiger partial charge on any atom is 0.490 e. The van der Waals surface area contributed by atoms with Crippen LogP contribution in [0.1, 0.15) is 16.1 Å². The highest BCUT2D eigenvalue weighted by Gasteiger charge is 2.14. The van der Waals surface area contributed by atoms with Crippen LogP contribution in [0.25, 0.3) is 5.69 Å². The summed E-state index contributed by atoms with van der Waals surface area (Å²) in [5, 5.41) is 31.0. The topological polar surface area (TPSA) is 142 Å². The zero-order valence-corrected chi connectivity index (χ0v) is 11.5. The van der Waals surface area contributed by atoms with E-state index in [-0.39, 0.29) is 12.1 Å². The summed E-state index contributed by atoms with van der Waals surface area (Å²) in [6.07, 6.45) is 2.80. The number of benzene rings is 1. The minimum atomic E-state index is -1.04. The molecule has 0 saturated heterocycles. The molecular formula is C12H9N7O4. The number of carbonyl (C=O) groups is 1. The van der Waals surface area contributed by atoms with Gasteiger partial charge in [-0.15, -0.1) is 5.10 Å². The Kier molecular flexibility index (Phi) is 3.51. The van der Waals surface area contributed by atoms with E-state index in [1.165, 1.54) is 27.8 Å². The van der Waals surface area contributed by atoms with Gasteiger partial charge in [0, 0.05) is 5.10 Å². The minimum Gasteiger partial charge on any atom is -0.478 e. The van der Waals surface area contributed by atoms with Crippen LogP contribution < -0.4 is 0 Å². The molecule has 0 aliphatic carbocycles. The van der Waals surface area contributed by atoms with E-state index in [0.29, 0.717) is 11.4 Å². The Bertz CT molecular complexity index is 885. The summed E-state index contributed by atoms with van der Waals surface area (Å²) in [6, 6.07) is 6.21. The van der Waals surface area contributed by atoms with Crippen LogP contribution in [-0.4, -0.2) is 45.8 Å².